The molecule has 2 unspecified atom stereocenters. The largest absolute Gasteiger partial charge is 0.176 e. The lowest BCUT2D eigenvalue weighted by Crippen LogP contribution is -2.70. The van der Waals surface area contributed by atoms with E-state index < -0.39 is 8.07 Å². The third-order valence-electron chi connectivity index (χ3n) is 11.1. The van der Waals surface area contributed by atoms with Crippen LogP contribution >= 0.6 is 0 Å². The summed E-state index contributed by atoms with van der Waals surface area (Å²) in [4.78, 5) is 0. The van der Waals surface area contributed by atoms with Crippen molar-refractivity contribution in [1.82, 2.24) is 0 Å². The Balaban J connectivity index is 2.15. The van der Waals surface area contributed by atoms with Crippen LogP contribution in [-0.2, 0) is 25.7 Å². The van der Waals surface area contributed by atoms with Crippen molar-refractivity contribution in [1.29, 1.82) is 0 Å². The molecule has 0 aliphatic heterocycles. The van der Waals surface area contributed by atoms with Gasteiger partial charge in [-0.3, -0.25) is 0 Å². The Kier molecular flexibility index (Phi) is 12.9. The molecule has 0 aromatic heterocycles. The van der Waals surface area contributed by atoms with Crippen molar-refractivity contribution in [2.75, 3.05) is 0 Å². The first-order chi connectivity index (χ1) is 22.1. The van der Waals surface area contributed by atoms with Gasteiger partial charge in [-0.05, 0) is 122 Å². The molecule has 0 saturated carbocycles. The van der Waals surface area contributed by atoms with Crippen molar-refractivity contribution in [2.45, 2.75) is 146 Å². The molecule has 2 atom stereocenters. The minimum absolute atomic E-state index is 0.434. The number of hydrogen-bond acceptors (Lipinski definition) is 0. The standard InChI is InChI=1S/C45H64Si/c1-11-15-17-19-21-40-27-41(22-20-18-16-12-2)31-44(30-40)46(42-24-32(5)23-33(6)25-42,45-36(9)34(7)35(8)37(45)10)43-28-38(13-3)26-39(14-4)29-43/h23-31,36H,11-22H2,1-10H3. The molecular weight excluding hydrogens is 569 g/mol. The van der Waals surface area contributed by atoms with Gasteiger partial charge in [-0.2, -0.15) is 0 Å². The third kappa shape index (κ3) is 7.73. The summed E-state index contributed by atoms with van der Waals surface area (Å²) >= 11 is 0. The molecule has 0 spiro atoms. The van der Waals surface area contributed by atoms with E-state index in [2.05, 4.69) is 124 Å². The first-order valence-electron chi connectivity index (χ1n) is 18.8. The Morgan fingerprint density at radius 3 is 1.33 bits per heavy atom. The molecule has 0 amide bonds. The quantitative estimate of drug-likeness (QED) is 0.0837. The van der Waals surface area contributed by atoms with Crippen LogP contribution in [0.25, 0.3) is 0 Å². The number of rotatable bonds is 16. The van der Waals surface area contributed by atoms with Gasteiger partial charge in [-0.25, -0.2) is 0 Å². The van der Waals surface area contributed by atoms with Crippen LogP contribution in [0.5, 0.6) is 0 Å². The highest BCUT2D eigenvalue weighted by atomic mass is 28.3. The zero-order valence-electron chi connectivity index (χ0n) is 31.3. The Morgan fingerprint density at radius 2 is 0.913 bits per heavy atom. The van der Waals surface area contributed by atoms with Crippen molar-refractivity contribution >= 4 is 23.6 Å². The molecule has 0 radical (unpaired) electrons. The zero-order valence-corrected chi connectivity index (χ0v) is 32.3. The minimum Gasteiger partial charge on any atom is -0.0654 e. The highest BCUT2D eigenvalue weighted by Crippen LogP contribution is 2.42. The predicted molar refractivity (Wildman–Crippen MR) is 208 cm³/mol. The van der Waals surface area contributed by atoms with Gasteiger partial charge in [0.15, 0.2) is 8.07 Å². The molecule has 248 valence electrons. The number of benzene rings is 3. The van der Waals surface area contributed by atoms with Crippen molar-refractivity contribution in [3.63, 3.8) is 0 Å². The minimum atomic E-state index is -2.69. The molecule has 0 nitrogen and oxygen atoms in total. The molecule has 4 rings (SSSR count). The SMILES string of the molecule is CCCCCCc1cc(CCCCCC)cc([Si](C2=C(C)C(C)=C(C)C2C)(c2cc(C)cc(C)c2)c2cc(CC)cc(CC)c2)c1. The molecule has 1 heteroatoms. The summed E-state index contributed by atoms with van der Waals surface area (Å²) in [6.07, 6.45) is 15.0. The summed E-state index contributed by atoms with van der Waals surface area (Å²) in [6.45, 7) is 23.7. The van der Waals surface area contributed by atoms with Crippen molar-refractivity contribution in [3.8, 4) is 0 Å². The summed E-state index contributed by atoms with van der Waals surface area (Å²) in [7, 11) is -2.69. The van der Waals surface area contributed by atoms with Gasteiger partial charge in [-0.1, -0.05) is 155 Å². The van der Waals surface area contributed by atoms with E-state index in [1.54, 1.807) is 43.0 Å². The molecular formula is C45H64Si. The maximum atomic E-state index is 2.70. The molecule has 3 aromatic rings. The van der Waals surface area contributed by atoms with E-state index in [1.165, 1.54) is 92.0 Å². The van der Waals surface area contributed by atoms with Gasteiger partial charge in [0.2, 0.25) is 0 Å². The van der Waals surface area contributed by atoms with E-state index >= 15 is 0 Å². The number of aryl methyl sites for hydroxylation is 6. The topological polar surface area (TPSA) is 0 Å². The smallest absolute Gasteiger partial charge is 0.0654 e. The van der Waals surface area contributed by atoms with Gasteiger partial charge in [0.05, 0.1) is 0 Å². The normalized spacial score (nSPS) is 16.4. The summed E-state index contributed by atoms with van der Waals surface area (Å²) in [5, 5.41) is 6.51. The average Bonchev–Trinajstić information content (AvgIpc) is 3.23. The van der Waals surface area contributed by atoms with Crippen molar-refractivity contribution < 1.29 is 0 Å². The van der Waals surface area contributed by atoms with Gasteiger partial charge in [0.1, 0.15) is 0 Å². The molecule has 0 saturated heterocycles. The van der Waals surface area contributed by atoms with Crippen LogP contribution in [0.1, 0.15) is 140 Å². The molecule has 1 aliphatic rings. The number of allylic oxidation sites excluding steroid dienone is 4. The van der Waals surface area contributed by atoms with Crippen molar-refractivity contribution in [3.05, 3.63) is 110 Å². The monoisotopic (exact) mass is 632 g/mol. The van der Waals surface area contributed by atoms with Gasteiger partial charge in [-0.15, -0.1) is 0 Å². The summed E-state index contributed by atoms with van der Waals surface area (Å²) in [5.41, 5.74) is 13.5. The molecule has 46 heavy (non-hydrogen) atoms. The molecule has 0 N–H and O–H groups in total. The molecule has 0 bridgehead atoms. The average molecular weight is 633 g/mol. The van der Waals surface area contributed by atoms with Crippen LogP contribution in [0.15, 0.2) is 76.5 Å². The van der Waals surface area contributed by atoms with E-state index in [-0.39, 0.29) is 0 Å². The second kappa shape index (κ2) is 16.5. The number of hydrogen-bond donors (Lipinski definition) is 0. The van der Waals surface area contributed by atoms with Gasteiger partial charge in [0, 0.05) is 0 Å². The Labute approximate surface area is 284 Å². The first kappa shape index (κ1) is 36.2. The van der Waals surface area contributed by atoms with Gasteiger partial charge >= 0.3 is 0 Å². The molecule has 3 aromatic carbocycles. The van der Waals surface area contributed by atoms with E-state index in [0.717, 1.165) is 12.8 Å². The fraction of sp³-hybridized carbons (Fsp3) is 0.511. The van der Waals surface area contributed by atoms with Crippen LogP contribution in [-0.4, -0.2) is 8.07 Å². The second-order valence-electron chi connectivity index (χ2n) is 14.6. The van der Waals surface area contributed by atoms with Crippen LogP contribution in [0.2, 0.25) is 0 Å². The lowest BCUT2D eigenvalue weighted by Gasteiger charge is -2.40. The lowest BCUT2D eigenvalue weighted by molar-refractivity contribution is 0.661. The maximum Gasteiger partial charge on any atom is 0.176 e. The van der Waals surface area contributed by atoms with E-state index in [1.807, 2.05) is 0 Å². The maximum absolute atomic E-state index is 2.70. The molecule has 1 aliphatic carbocycles. The van der Waals surface area contributed by atoms with Gasteiger partial charge in [0.25, 0.3) is 0 Å². The highest BCUT2D eigenvalue weighted by Gasteiger charge is 2.48. The van der Waals surface area contributed by atoms with Crippen LogP contribution in [0, 0.1) is 19.8 Å². The van der Waals surface area contributed by atoms with Crippen LogP contribution in [0.3, 0.4) is 0 Å². The Hall–Kier alpha value is -2.64. The van der Waals surface area contributed by atoms with Gasteiger partial charge < -0.3 is 0 Å². The Bertz CT molecular complexity index is 1480. The van der Waals surface area contributed by atoms with E-state index in [4.69, 9.17) is 0 Å². The second-order valence-corrected chi connectivity index (χ2v) is 18.4. The summed E-state index contributed by atoms with van der Waals surface area (Å²) < 4.78 is 0. The zero-order chi connectivity index (χ0) is 33.4. The lowest BCUT2D eigenvalue weighted by atomic mass is 10.0. The number of unbranched alkanes of at least 4 members (excludes halogenated alkanes) is 6. The van der Waals surface area contributed by atoms with Crippen LogP contribution in [0.4, 0.5) is 0 Å². The fourth-order valence-electron chi connectivity index (χ4n) is 8.29. The fourth-order valence-corrected chi connectivity index (χ4v) is 14.3. The van der Waals surface area contributed by atoms with E-state index in [9.17, 15) is 0 Å². The third-order valence-corrected chi connectivity index (χ3v) is 16.2. The van der Waals surface area contributed by atoms with E-state index in [0.29, 0.717) is 5.92 Å². The first-order valence-corrected chi connectivity index (χ1v) is 20.8. The van der Waals surface area contributed by atoms with Crippen molar-refractivity contribution in [2.24, 2.45) is 5.92 Å². The molecule has 0 fully saturated rings. The Morgan fingerprint density at radius 1 is 0.478 bits per heavy atom. The summed E-state index contributed by atoms with van der Waals surface area (Å²) in [5.74, 6) is 0.434. The molecule has 0 heterocycles. The predicted octanol–water partition coefficient (Wildman–Crippen LogP) is 11.0. The van der Waals surface area contributed by atoms with Crippen LogP contribution < -0.4 is 15.6 Å². The highest BCUT2D eigenvalue weighted by molar-refractivity contribution is 7.16. The summed E-state index contributed by atoms with van der Waals surface area (Å²) in [6, 6.07) is 23.3.